The third kappa shape index (κ3) is 2.32. The van der Waals surface area contributed by atoms with E-state index in [2.05, 4.69) is 20.6 Å². The van der Waals surface area contributed by atoms with Gasteiger partial charge < -0.3 is 20.1 Å². The second-order valence-electron chi connectivity index (χ2n) is 4.43. The first-order valence-electron chi connectivity index (χ1n) is 6.44. The minimum Gasteiger partial charge on any atom is -0.486 e. The van der Waals surface area contributed by atoms with Crippen LogP contribution in [0.3, 0.4) is 0 Å². The SMILES string of the molecule is CNc1ncnc(Nc2ccc3c(c2)OCCO3)c1C. The number of nitrogens with one attached hydrogen (secondary N) is 2. The molecule has 6 nitrogen and oxygen atoms in total. The number of anilines is 3. The second-order valence-corrected chi connectivity index (χ2v) is 4.43. The Hall–Kier alpha value is -2.50. The summed E-state index contributed by atoms with van der Waals surface area (Å²) in [5.74, 6) is 3.10. The quantitative estimate of drug-likeness (QED) is 0.894. The predicted octanol–water partition coefficient (Wildman–Crippen LogP) is 2.34. The van der Waals surface area contributed by atoms with Gasteiger partial charge in [-0.2, -0.15) is 0 Å². The van der Waals surface area contributed by atoms with Gasteiger partial charge in [-0.3, -0.25) is 0 Å². The van der Waals surface area contributed by atoms with Crippen molar-refractivity contribution in [1.29, 1.82) is 0 Å². The van der Waals surface area contributed by atoms with Gasteiger partial charge in [0.05, 0.1) is 0 Å². The number of hydrogen-bond donors (Lipinski definition) is 2. The monoisotopic (exact) mass is 272 g/mol. The van der Waals surface area contributed by atoms with Crippen molar-refractivity contribution in [3.8, 4) is 11.5 Å². The molecule has 0 amide bonds. The van der Waals surface area contributed by atoms with Crippen LogP contribution in [0.25, 0.3) is 0 Å². The zero-order valence-electron chi connectivity index (χ0n) is 11.4. The molecule has 1 aliphatic rings. The lowest BCUT2D eigenvalue weighted by Crippen LogP contribution is -2.15. The van der Waals surface area contributed by atoms with Gasteiger partial charge in [-0.05, 0) is 19.1 Å². The van der Waals surface area contributed by atoms with E-state index < -0.39 is 0 Å². The number of nitrogens with zero attached hydrogens (tertiary/aromatic N) is 2. The molecule has 2 aromatic rings. The van der Waals surface area contributed by atoms with Crippen LogP contribution in [0.15, 0.2) is 24.5 Å². The molecule has 1 aliphatic heterocycles. The lowest BCUT2D eigenvalue weighted by molar-refractivity contribution is 0.171. The summed E-state index contributed by atoms with van der Waals surface area (Å²) < 4.78 is 11.1. The summed E-state index contributed by atoms with van der Waals surface area (Å²) in [6.07, 6.45) is 1.53. The van der Waals surface area contributed by atoms with Crippen LogP contribution in [0.4, 0.5) is 17.3 Å². The maximum Gasteiger partial charge on any atom is 0.163 e. The molecule has 0 atom stereocenters. The Labute approximate surface area is 117 Å². The van der Waals surface area contributed by atoms with Gasteiger partial charge >= 0.3 is 0 Å². The third-order valence-corrected chi connectivity index (χ3v) is 3.13. The van der Waals surface area contributed by atoms with Gasteiger partial charge in [0.2, 0.25) is 0 Å². The first-order chi connectivity index (χ1) is 9.78. The van der Waals surface area contributed by atoms with Crippen LogP contribution in [0.5, 0.6) is 11.5 Å². The first-order valence-corrected chi connectivity index (χ1v) is 6.44. The Kier molecular flexibility index (Phi) is 3.28. The number of hydrogen-bond acceptors (Lipinski definition) is 6. The van der Waals surface area contributed by atoms with Crippen molar-refractivity contribution in [2.75, 3.05) is 30.9 Å². The molecule has 0 bridgehead atoms. The van der Waals surface area contributed by atoms with E-state index in [1.54, 1.807) is 0 Å². The highest BCUT2D eigenvalue weighted by atomic mass is 16.6. The van der Waals surface area contributed by atoms with Crippen molar-refractivity contribution in [2.24, 2.45) is 0 Å². The molecule has 0 saturated carbocycles. The molecule has 2 N–H and O–H groups in total. The average Bonchev–Trinajstić information content (AvgIpc) is 2.49. The fourth-order valence-corrected chi connectivity index (χ4v) is 2.09. The van der Waals surface area contributed by atoms with Crippen LogP contribution in [0.2, 0.25) is 0 Å². The van der Waals surface area contributed by atoms with Gasteiger partial charge in [0, 0.05) is 24.4 Å². The fourth-order valence-electron chi connectivity index (χ4n) is 2.09. The van der Waals surface area contributed by atoms with E-state index in [-0.39, 0.29) is 0 Å². The molecule has 3 rings (SSSR count). The van der Waals surface area contributed by atoms with Crippen molar-refractivity contribution in [1.82, 2.24) is 9.97 Å². The van der Waals surface area contributed by atoms with E-state index in [9.17, 15) is 0 Å². The van der Waals surface area contributed by atoms with Crippen LogP contribution >= 0.6 is 0 Å². The normalized spacial score (nSPS) is 12.9. The van der Waals surface area contributed by atoms with E-state index >= 15 is 0 Å². The van der Waals surface area contributed by atoms with Crippen LogP contribution < -0.4 is 20.1 Å². The number of fused-ring (bicyclic) bond motifs is 1. The Morgan fingerprint density at radius 1 is 1.05 bits per heavy atom. The molecule has 0 aliphatic carbocycles. The lowest BCUT2D eigenvalue weighted by Gasteiger charge is -2.19. The van der Waals surface area contributed by atoms with Crippen molar-refractivity contribution in [3.05, 3.63) is 30.1 Å². The Balaban J connectivity index is 1.88. The minimum atomic E-state index is 0.576. The van der Waals surface area contributed by atoms with Gasteiger partial charge in [0.15, 0.2) is 11.5 Å². The molecule has 20 heavy (non-hydrogen) atoms. The predicted molar refractivity (Wildman–Crippen MR) is 77.0 cm³/mol. The maximum atomic E-state index is 5.57. The zero-order chi connectivity index (χ0) is 13.9. The van der Waals surface area contributed by atoms with Crippen molar-refractivity contribution >= 4 is 17.3 Å². The molecule has 0 radical (unpaired) electrons. The van der Waals surface area contributed by atoms with Crippen molar-refractivity contribution in [3.63, 3.8) is 0 Å². The standard InChI is InChI=1S/C14H16N4O2/c1-9-13(15-2)16-8-17-14(9)18-10-3-4-11-12(7-10)20-6-5-19-11/h3-4,7-8H,5-6H2,1-2H3,(H2,15,16,17,18). The van der Waals surface area contributed by atoms with Gasteiger partial charge in [-0.1, -0.05) is 0 Å². The Bertz CT molecular complexity index is 631. The van der Waals surface area contributed by atoms with E-state index in [0.717, 1.165) is 34.4 Å². The third-order valence-electron chi connectivity index (χ3n) is 3.13. The highest BCUT2D eigenvalue weighted by Gasteiger charge is 2.12. The van der Waals surface area contributed by atoms with Crippen molar-refractivity contribution < 1.29 is 9.47 Å². The van der Waals surface area contributed by atoms with E-state index in [1.807, 2.05) is 32.2 Å². The zero-order valence-corrected chi connectivity index (χ0v) is 11.4. The van der Waals surface area contributed by atoms with Gasteiger partial charge in [0.25, 0.3) is 0 Å². The lowest BCUT2D eigenvalue weighted by atomic mass is 10.2. The molecule has 1 aromatic heterocycles. The van der Waals surface area contributed by atoms with Crippen molar-refractivity contribution in [2.45, 2.75) is 6.92 Å². The molecule has 2 heterocycles. The highest BCUT2D eigenvalue weighted by molar-refractivity contribution is 5.66. The van der Waals surface area contributed by atoms with E-state index in [0.29, 0.717) is 13.2 Å². The molecule has 0 spiro atoms. The molecule has 0 unspecified atom stereocenters. The van der Waals surface area contributed by atoms with Gasteiger partial charge in [-0.25, -0.2) is 9.97 Å². The molecule has 104 valence electrons. The largest absolute Gasteiger partial charge is 0.486 e. The summed E-state index contributed by atoms with van der Waals surface area (Å²) in [6, 6.07) is 5.75. The Morgan fingerprint density at radius 3 is 2.60 bits per heavy atom. The smallest absolute Gasteiger partial charge is 0.163 e. The molecule has 1 aromatic carbocycles. The van der Waals surface area contributed by atoms with Crippen LogP contribution in [-0.4, -0.2) is 30.2 Å². The molecular weight excluding hydrogens is 256 g/mol. The van der Waals surface area contributed by atoms with Crippen LogP contribution in [-0.2, 0) is 0 Å². The second kappa shape index (κ2) is 5.24. The number of benzene rings is 1. The highest BCUT2D eigenvalue weighted by Crippen LogP contribution is 2.34. The summed E-state index contributed by atoms with van der Waals surface area (Å²) >= 11 is 0. The molecule has 0 saturated heterocycles. The topological polar surface area (TPSA) is 68.3 Å². The number of rotatable bonds is 3. The van der Waals surface area contributed by atoms with E-state index in [4.69, 9.17) is 9.47 Å². The summed E-state index contributed by atoms with van der Waals surface area (Å²) in [7, 11) is 1.84. The fraction of sp³-hybridized carbons (Fsp3) is 0.286. The number of aromatic nitrogens is 2. The van der Waals surface area contributed by atoms with E-state index in [1.165, 1.54) is 6.33 Å². The summed E-state index contributed by atoms with van der Waals surface area (Å²) in [6.45, 7) is 3.13. The summed E-state index contributed by atoms with van der Waals surface area (Å²) in [5.41, 5.74) is 1.86. The molecule has 0 fully saturated rings. The van der Waals surface area contributed by atoms with Crippen LogP contribution in [0, 0.1) is 6.92 Å². The Morgan fingerprint density at radius 2 is 1.80 bits per heavy atom. The maximum absolute atomic E-state index is 5.57. The molecular formula is C14H16N4O2. The molecule has 6 heteroatoms. The minimum absolute atomic E-state index is 0.576. The summed E-state index contributed by atoms with van der Waals surface area (Å²) in [4.78, 5) is 8.42. The van der Waals surface area contributed by atoms with Gasteiger partial charge in [0.1, 0.15) is 31.2 Å². The van der Waals surface area contributed by atoms with Crippen LogP contribution in [0.1, 0.15) is 5.56 Å². The summed E-state index contributed by atoms with van der Waals surface area (Å²) in [5, 5.41) is 6.31. The first kappa shape index (κ1) is 12.5. The number of ether oxygens (including phenoxy) is 2. The average molecular weight is 272 g/mol. The van der Waals surface area contributed by atoms with Gasteiger partial charge in [-0.15, -0.1) is 0 Å².